The fourth-order valence-corrected chi connectivity index (χ4v) is 8.92. The van der Waals surface area contributed by atoms with Crippen LogP contribution in [0.4, 0.5) is 4.79 Å². The molecule has 0 saturated carbocycles. The van der Waals surface area contributed by atoms with Crippen molar-refractivity contribution in [1.29, 1.82) is 0 Å². The fourth-order valence-electron chi connectivity index (χ4n) is 3.97. The molecule has 4 amide bonds. The number of rotatable bonds is 17. The number of hydrogen-bond acceptors (Lipinski definition) is 12. The molecule has 2 aliphatic rings. The second-order valence-corrected chi connectivity index (χ2v) is 13.3. The van der Waals surface area contributed by atoms with E-state index in [0.29, 0.717) is 5.70 Å². The molecular formula is C23H40N4O12P2. The van der Waals surface area contributed by atoms with E-state index in [-0.39, 0.29) is 45.8 Å². The van der Waals surface area contributed by atoms with Crippen LogP contribution in [0, 0.1) is 0 Å². The van der Waals surface area contributed by atoms with Crippen LogP contribution < -0.4 is 16.0 Å². The lowest BCUT2D eigenvalue weighted by atomic mass is 10.1. The lowest BCUT2D eigenvalue weighted by Gasteiger charge is -2.31. The third-order valence-corrected chi connectivity index (χ3v) is 11.3. The summed E-state index contributed by atoms with van der Waals surface area (Å²) < 4.78 is 53.7. The van der Waals surface area contributed by atoms with Crippen LogP contribution in [0.1, 0.15) is 40.5 Å². The molecule has 2 heterocycles. The van der Waals surface area contributed by atoms with Crippen molar-refractivity contribution in [1.82, 2.24) is 20.9 Å². The van der Waals surface area contributed by atoms with Gasteiger partial charge < -0.3 is 49.0 Å². The number of carbonyl (C=O) groups is 3. The summed E-state index contributed by atoms with van der Waals surface area (Å²) in [6, 6.07) is -0.657. The highest BCUT2D eigenvalue weighted by Crippen LogP contribution is 2.69. The Kier molecular flexibility index (Phi) is 13.6. The molecule has 0 unspecified atom stereocenters. The van der Waals surface area contributed by atoms with Crippen molar-refractivity contribution in [3.8, 4) is 0 Å². The Balaban J connectivity index is 1.99. The summed E-state index contributed by atoms with van der Waals surface area (Å²) in [5.41, 5.74) is -1.41. The quantitative estimate of drug-likeness (QED) is 0.114. The minimum atomic E-state index is -4.20. The Labute approximate surface area is 238 Å². The van der Waals surface area contributed by atoms with Gasteiger partial charge in [0.05, 0.1) is 26.4 Å². The number of carbonyl (C=O) groups excluding carboxylic acids is 3. The van der Waals surface area contributed by atoms with Gasteiger partial charge in [-0.15, -0.1) is 0 Å². The Morgan fingerprint density at radius 1 is 1.05 bits per heavy atom. The van der Waals surface area contributed by atoms with Gasteiger partial charge in [-0.3, -0.25) is 23.6 Å². The number of ether oxygens (including phenoxy) is 1. The summed E-state index contributed by atoms with van der Waals surface area (Å²) in [4.78, 5) is 38.6. The van der Waals surface area contributed by atoms with Gasteiger partial charge in [0, 0.05) is 24.9 Å². The normalized spacial score (nSPS) is 23.1. The number of aliphatic hydroxyl groups is 2. The Bertz CT molecular complexity index is 1020. The first-order valence-electron chi connectivity index (χ1n) is 13.2. The van der Waals surface area contributed by atoms with Crippen molar-refractivity contribution in [3.05, 3.63) is 24.6 Å². The molecule has 234 valence electrons. The van der Waals surface area contributed by atoms with Crippen LogP contribution in [0.2, 0.25) is 0 Å². The maximum atomic E-state index is 13.5. The minimum Gasteiger partial charge on any atom is -0.387 e. The van der Waals surface area contributed by atoms with E-state index >= 15 is 0 Å². The molecule has 2 rings (SSSR count). The van der Waals surface area contributed by atoms with Crippen LogP contribution in [-0.4, -0.2) is 96.0 Å². The molecule has 1 fully saturated rings. The maximum Gasteiger partial charge on any atom is 0.365 e. The third kappa shape index (κ3) is 8.93. The van der Waals surface area contributed by atoms with Gasteiger partial charge in [-0.25, -0.2) is 4.79 Å². The molecule has 0 aliphatic carbocycles. The van der Waals surface area contributed by atoms with Gasteiger partial charge in [-0.05, 0) is 40.2 Å². The lowest BCUT2D eigenvalue weighted by molar-refractivity contribution is -0.138. The van der Waals surface area contributed by atoms with Crippen LogP contribution in [-0.2, 0) is 41.6 Å². The van der Waals surface area contributed by atoms with Gasteiger partial charge in [0.25, 0.3) is 5.91 Å². The third-order valence-electron chi connectivity index (χ3n) is 5.71. The van der Waals surface area contributed by atoms with Crippen molar-refractivity contribution >= 4 is 33.0 Å². The lowest BCUT2D eigenvalue weighted by Crippen LogP contribution is -2.49. The molecule has 5 N–H and O–H groups in total. The average molecular weight is 627 g/mol. The monoisotopic (exact) mass is 626 g/mol. The van der Waals surface area contributed by atoms with Crippen molar-refractivity contribution in [2.45, 2.75) is 70.6 Å². The van der Waals surface area contributed by atoms with Crippen LogP contribution in [0.5, 0.6) is 0 Å². The van der Waals surface area contributed by atoms with Crippen LogP contribution in [0.15, 0.2) is 24.6 Å². The fraction of sp³-hybridized carbons (Fsp3) is 0.696. The van der Waals surface area contributed by atoms with Gasteiger partial charge >= 0.3 is 21.2 Å². The Hall–Kier alpha value is -2.13. The summed E-state index contributed by atoms with van der Waals surface area (Å²) in [5.74, 6) is -1.47. The van der Waals surface area contributed by atoms with E-state index in [4.69, 9.17) is 22.8 Å². The highest BCUT2D eigenvalue weighted by Gasteiger charge is 2.52. The first-order chi connectivity index (χ1) is 19.4. The van der Waals surface area contributed by atoms with E-state index < -0.39 is 63.1 Å². The SMILES string of the molecule is C=C1C=CN([C@@H]2O[C@H](C(=O)NCCCC(=O)NC(P(=O)(OCC)OCC)P(=O)(OCC)OCC)[C@@H](O)[C@H]2O)C(=O)N1. The number of urea groups is 1. The summed E-state index contributed by atoms with van der Waals surface area (Å²) in [5, 5.41) is 28.0. The number of hydrogen-bond donors (Lipinski definition) is 5. The van der Waals surface area contributed by atoms with Gasteiger partial charge in [0.15, 0.2) is 12.3 Å². The predicted octanol–water partition coefficient (Wildman–Crippen LogP) is 1.31. The van der Waals surface area contributed by atoms with Crippen LogP contribution in [0.25, 0.3) is 0 Å². The molecule has 0 aromatic heterocycles. The second-order valence-electron chi connectivity index (χ2n) is 8.69. The molecule has 2 aliphatic heterocycles. The van der Waals surface area contributed by atoms with Crippen LogP contribution in [0.3, 0.4) is 0 Å². The topological polar surface area (TPSA) is 211 Å². The Morgan fingerprint density at radius 3 is 2.07 bits per heavy atom. The molecule has 0 aromatic carbocycles. The summed E-state index contributed by atoms with van der Waals surface area (Å²) in [6.07, 6.45) is -3.41. The Morgan fingerprint density at radius 2 is 1.59 bits per heavy atom. The highest BCUT2D eigenvalue weighted by molar-refractivity contribution is 7.72. The predicted molar refractivity (Wildman–Crippen MR) is 145 cm³/mol. The zero-order valence-corrected chi connectivity index (χ0v) is 25.3. The summed E-state index contributed by atoms with van der Waals surface area (Å²) in [7, 11) is -8.39. The largest absolute Gasteiger partial charge is 0.387 e. The number of nitrogens with one attached hydrogen (secondary N) is 3. The molecule has 16 nitrogen and oxygen atoms in total. The van der Waals surface area contributed by atoms with Gasteiger partial charge in [-0.2, -0.15) is 0 Å². The molecule has 0 bridgehead atoms. The standard InChI is InChI=1S/C23H40N4O12P2/c1-6-35-40(33,36-7-2)23(41(34,37-8-3)38-9-4)26-16(28)11-10-13-24-20(31)19-17(29)18(30)21(39-19)27-14-12-15(5)25-22(27)32/h12,14,17-19,21,23,29-30H,5-11,13H2,1-4H3,(H,24,31)(H,25,32)(H,26,28)/t17-,18+,19-,21+/m0/s1. The molecule has 0 spiro atoms. The van der Waals surface area contributed by atoms with E-state index in [1.165, 1.54) is 12.3 Å². The molecule has 18 heteroatoms. The zero-order valence-electron chi connectivity index (χ0n) is 23.5. The van der Waals surface area contributed by atoms with E-state index in [1.807, 2.05) is 0 Å². The van der Waals surface area contributed by atoms with E-state index in [0.717, 1.165) is 4.90 Å². The van der Waals surface area contributed by atoms with Crippen molar-refractivity contribution in [2.75, 3.05) is 33.0 Å². The van der Waals surface area contributed by atoms with E-state index in [2.05, 4.69) is 22.5 Å². The number of aliphatic hydroxyl groups excluding tert-OH is 2. The first-order valence-corrected chi connectivity index (χ1v) is 16.4. The molecule has 41 heavy (non-hydrogen) atoms. The van der Waals surface area contributed by atoms with Crippen molar-refractivity contribution in [2.24, 2.45) is 0 Å². The van der Waals surface area contributed by atoms with E-state index in [9.17, 15) is 33.7 Å². The summed E-state index contributed by atoms with van der Waals surface area (Å²) >= 11 is 0. The van der Waals surface area contributed by atoms with Crippen molar-refractivity contribution < 1.29 is 56.6 Å². The minimum absolute atomic E-state index is 0.0582. The van der Waals surface area contributed by atoms with Crippen molar-refractivity contribution in [3.63, 3.8) is 0 Å². The summed E-state index contributed by atoms with van der Waals surface area (Å²) in [6.45, 7) is 9.50. The van der Waals surface area contributed by atoms with Crippen LogP contribution >= 0.6 is 15.2 Å². The number of allylic oxidation sites excluding steroid dienone is 1. The van der Waals surface area contributed by atoms with Gasteiger partial charge in [0.1, 0.15) is 12.2 Å². The van der Waals surface area contributed by atoms with E-state index in [1.54, 1.807) is 27.7 Å². The number of nitrogens with zero attached hydrogens (tertiary/aromatic N) is 1. The number of amides is 4. The van der Waals surface area contributed by atoms with Gasteiger partial charge in [-0.1, -0.05) is 6.58 Å². The molecule has 0 aromatic rings. The smallest absolute Gasteiger partial charge is 0.365 e. The maximum absolute atomic E-state index is 13.5. The first kappa shape index (κ1) is 35.1. The molecular weight excluding hydrogens is 586 g/mol. The molecule has 1 saturated heterocycles. The van der Waals surface area contributed by atoms with Gasteiger partial charge in [0.2, 0.25) is 11.4 Å². The zero-order chi connectivity index (χ0) is 30.8. The molecule has 0 radical (unpaired) electrons. The second kappa shape index (κ2) is 15.9. The average Bonchev–Trinajstić information content (AvgIpc) is 3.19. The molecule has 4 atom stereocenters. The highest BCUT2D eigenvalue weighted by atomic mass is 31.2.